The number of guanidine groups is 1. The van der Waals surface area contributed by atoms with E-state index in [-0.39, 0.29) is 30.5 Å². The predicted octanol–water partition coefficient (Wildman–Crippen LogP) is 2.80. The highest BCUT2D eigenvalue weighted by Gasteiger charge is 2.28. The molecule has 10 heteroatoms. The molecule has 0 aromatic heterocycles. The number of aliphatic imine (C=N–C) groups is 1. The Morgan fingerprint density at radius 3 is 2.36 bits per heavy atom. The predicted molar refractivity (Wildman–Crippen MR) is 103 cm³/mol. The van der Waals surface area contributed by atoms with Crippen LogP contribution >= 0.6 is 24.0 Å². The Kier molecular flexibility index (Phi) is 10.6. The van der Waals surface area contributed by atoms with Gasteiger partial charge in [-0.2, -0.15) is 13.2 Å². The van der Waals surface area contributed by atoms with Crippen LogP contribution in [0.15, 0.2) is 23.2 Å². The van der Waals surface area contributed by atoms with E-state index in [9.17, 15) is 13.2 Å². The Hall–Kier alpha value is -1.43. The summed E-state index contributed by atoms with van der Waals surface area (Å²) >= 11 is 0. The Morgan fingerprint density at radius 1 is 1.20 bits per heavy atom. The lowest BCUT2D eigenvalue weighted by Gasteiger charge is -2.19. The Morgan fingerprint density at radius 2 is 1.84 bits per heavy atom. The number of anilines is 1. The molecule has 0 spiro atoms. The lowest BCUT2D eigenvalue weighted by molar-refractivity contribution is -0.142. The van der Waals surface area contributed by atoms with Crippen LogP contribution in [0.5, 0.6) is 11.5 Å². The highest BCUT2D eigenvalue weighted by Crippen LogP contribution is 2.29. The van der Waals surface area contributed by atoms with Crippen molar-refractivity contribution in [3.05, 3.63) is 18.2 Å². The largest absolute Gasteiger partial charge is 0.493 e. The van der Waals surface area contributed by atoms with Gasteiger partial charge in [-0.25, -0.2) is 0 Å². The number of likely N-dealkylation sites (N-methyl/N-ethyl adjacent to an activating group) is 1. The van der Waals surface area contributed by atoms with Gasteiger partial charge in [0.1, 0.15) is 0 Å². The summed E-state index contributed by atoms with van der Waals surface area (Å²) in [5, 5.41) is 6.00. The molecule has 0 saturated heterocycles. The molecule has 0 saturated carbocycles. The van der Waals surface area contributed by atoms with E-state index in [1.54, 1.807) is 32.4 Å². The normalized spacial score (nSPS) is 11.8. The fourth-order valence-electron chi connectivity index (χ4n) is 1.98. The molecule has 0 heterocycles. The van der Waals surface area contributed by atoms with Gasteiger partial charge in [-0.3, -0.25) is 9.89 Å². The molecular formula is C15H24F3IN4O2. The van der Waals surface area contributed by atoms with E-state index in [2.05, 4.69) is 15.6 Å². The van der Waals surface area contributed by atoms with E-state index in [0.29, 0.717) is 29.7 Å². The maximum absolute atomic E-state index is 12.3. The summed E-state index contributed by atoms with van der Waals surface area (Å²) in [4.78, 5) is 5.23. The fourth-order valence-corrected chi connectivity index (χ4v) is 1.98. The van der Waals surface area contributed by atoms with E-state index in [1.165, 1.54) is 19.1 Å². The van der Waals surface area contributed by atoms with Crippen LogP contribution in [0.1, 0.15) is 0 Å². The van der Waals surface area contributed by atoms with Crippen molar-refractivity contribution in [2.45, 2.75) is 6.18 Å². The first-order valence-electron chi connectivity index (χ1n) is 7.24. The molecule has 25 heavy (non-hydrogen) atoms. The summed E-state index contributed by atoms with van der Waals surface area (Å²) in [6.07, 6.45) is -4.20. The third-order valence-electron chi connectivity index (χ3n) is 3.11. The van der Waals surface area contributed by atoms with Crippen LogP contribution in [0.3, 0.4) is 0 Å². The van der Waals surface area contributed by atoms with E-state index in [1.807, 2.05) is 0 Å². The minimum absolute atomic E-state index is 0. The lowest BCUT2D eigenvalue weighted by atomic mass is 10.3. The minimum Gasteiger partial charge on any atom is -0.493 e. The first-order valence-corrected chi connectivity index (χ1v) is 7.24. The van der Waals surface area contributed by atoms with E-state index < -0.39 is 12.7 Å². The van der Waals surface area contributed by atoms with Gasteiger partial charge in [0.05, 0.1) is 20.8 Å². The highest BCUT2D eigenvalue weighted by atomic mass is 127. The van der Waals surface area contributed by atoms with Crippen LogP contribution in [-0.2, 0) is 0 Å². The molecule has 0 atom stereocenters. The molecule has 2 N–H and O–H groups in total. The molecule has 144 valence electrons. The van der Waals surface area contributed by atoms with Gasteiger partial charge in [0.25, 0.3) is 0 Å². The molecule has 0 aliphatic heterocycles. The van der Waals surface area contributed by atoms with Crippen molar-refractivity contribution in [3.8, 4) is 11.5 Å². The smallest absolute Gasteiger partial charge is 0.401 e. The van der Waals surface area contributed by atoms with Crippen molar-refractivity contribution in [3.63, 3.8) is 0 Å². The number of hydrogen-bond donors (Lipinski definition) is 2. The summed E-state index contributed by atoms with van der Waals surface area (Å²) in [6, 6.07) is 5.26. The second-order valence-corrected chi connectivity index (χ2v) is 5.05. The number of rotatable bonds is 7. The van der Waals surface area contributed by atoms with E-state index >= 15 is 0 Å². The zero-order valence-corrected chi connectivity index (χ0v) is 16.9. The molecule has 0 radical (unpaired) electrons. The number of hydrogen-bond acceptors (Lipinski definition) is 4. The molecule has 1 aromatic rings. The zero-order valence-electron chi connectivity index (χ0n) is 14.6. The number of nitrogens with one attached hydrogen (secondary N) is 2. The van der Waals surface area contributed by atoms with Gasteiger partial charge in [-0.15, -0.1) is 24.0 Å². The maximum atomic E-state index is 12.3. The van der Waals surface area contributed by atoms with E-state index in [0.717, 1.165) is 0 Å². The molecule has 1 rings (SSSR count). The van der Waals surface area contributed by atoms with Crippen molar-refractivity contribution >= 4 is 35.6 Å². The monoisotopic (exact) mass is 476 g/mol. The van der Waals surface area contributed by atoms with Crippen LogP contribution in [0, 0.1) is 0 Å². The van der Waals surface area contributed by atoms with E-state index in [4.69, 9.17) is 9.47 Å². The summed E-state index contributed by atoms with van der Waals surface area (Å²) in [7, 11) is 6.07. The van der Waals surface area contributed by atoms with Gasteiger partial charge in [0, 0.05) is 31.9 Å². The third kappa shape index (κ3) is 9.00. The first kappa shape index (κ1) is 23.6. The van der Waals surface area contributed by atoms with Crippen LogP contribution in [-0.4, -0.2) is 65.0 Å². The first-order chi connectivity index (χ1) is 11.3. The standard InChI is InChI=1S/C15H23F3N4O2.HI/c1-19-14(20-7-8-22(2)10-15(16,17)18)21-11-5-6-12(23-3)13(9-11)24-4;/h5-6,9H,7-8,10H2,1-4H3,(H2,19,20,21);1H. The number of benzene rings is 1. The molecule has 0 aliphatic carbocycles. The van der Waals surface area contributed by atoms with Crippen molar-refractivity contribution in [2.24, 2.45) is 4.99 Å². The minimum atomic E-state index is -4.20. The van der Waals surface area contributed by atoms with Crippen LogP contribution < -0.4 is 20.1 Å². The number of methoxy groups -OCH3 is 2. The molecule has 0 unspecified atom stereocenters. The average molecular weight is 476 g/mol. The Labute approximate surface area is 162 Å². The van der Waals surface area contributed by atoms with Crippen molar-refractivity contribution in [1.29, 1.82) is 0 Å². The summed E-state index contributed by atoms with van der Waals surface area (Å²) in [6.45, 7) is -0.401. The quantitative estimate of drug-likeness (QED) is 0.360. The summed E-state index contributed by atoms with van der Waals surface area (Å²) in [5.74, 6) is 1.60. The summed E-state index contributed by atoms with van der Waals surface area (Å²) < 4.78 is 47.1. The average Bonchev–Trinajstić information content (AvgIpc) is 2.51. The van der Waals surface area contributed by atoms with Gasteiger partial charge in [-0.05, 0) is 19.2 Å². The van der Waals surface area contributed by atoms with Gasteiger partial charge >= 0.3 is 6.18 Å². The Bertz CT molecular complexity index is 556. The SMILES string of the molecule is CN=C(NCCN(C)CC(F)(F)F)Nc1ccc(OC)c(OC)c1.I. The molecule has 6 nitrogen and oxygen atoms in total. The fraction of sp³-hybridized carbons (Fsp3) is 0.533. The Balaban J connectivity index is 0.00000576. The zero-order chi connectivity index (χ0) is 18.2. The van der Waals surface area contributed by atoms with Gasteiger partial charge in [0.15, 0.2) is 17.5 Å². The number of nitrogens with zero attached hydrogens (tertiary/aromatic N) is 2. The van der Waals surface area contributed by atoms with Crippen LogP contribution in [0.4, 0.5) is 18.9 Å². The highest BCUT2D eigenvalue weighted by molar-refractivity contribution is 14.0. The van der Waals surface area contributed by atoms with Crippen molar-refractivity contribution in [1.82, 2.24) is 10.2 Å². The van der Waals surface area contributed by atoms with Crippen LogP contribution in [0.25, 0.3) is 0 Å². The van der Waals surface area contributed by atoms with Crippen molar-refractivity contribution in [2.75, 3.05) is 53.3 Å². The van der Waals surface area contributed by atoms with Crippen molar-refractivity contribution < 1.29 is 22.6 Å². The molecule has 0 bridgehead atoms. The number of ether oxygens (including phenoxy) is 2. The van der Waals surface area contributed by atoms with Gasteiger partial charge < -0.3 is 20.1 Å². The molecular weight excluding hydrogens is 452 g/mol. The number of alkyl halides is 3. The topological polar surface area (TPSA) is 58.1 Å². The second kappa shape index (κ2) is 11.2. The molecule has 0 amide bonds. The lowest BCUT2D eigenvalue weighted by Crippen LogP contribution is -2.39. The molecule has 1 aromatic carbocycles. The number of halogens is 4. The second-order valence-electron chi connectivity index (χ2n) is 5.05. The third-order valence-corrected chi connectivity index (χ3v) is 3.11. The maximum Gasteiger partial charge on any atom is 0.401 e. The van der Waals surface area contributed by atoms with Gasteiger partial charge in [0.2, 0.25) is 0 Å². The van der Waals surface area contributed by atoms with Gasteiger partial charge in [-0.1, -0.05) is 0 Å². The molecule has 0 fully saturated rings. The summed E-state index contributed by atoms with van der Waals surface area (Å²) in [5.41, 5.74) is 0.712. The van der Waals surface area contributed by atoms with Crippen LogP contribution in [0.2, 0.25) is 0 Å². The molecule has 0 aliphatic rings.